The Hall–Kier alpha value is -5.22. The molecule has 0 aliphatic rings. The van der Waals surface area contributed by atoms with Crippen molar-refractivity contribution in [3.05, 3.63) is 128 Å². The highest BCUT2D eigenvalue weighted by Crippen LogP contribution is 2.40. The Bertz CT molecular complexity index is 2120. The van der Waals surface area contributed by atoms with Crippen LogP contribution in [-0.4, -0.2) is 14.5 Å². The lowest BCUT2D eigenvalue weighted by atomic mass is 10.0. The number of imidazole rings is 1. The first-order chi connectivity index (χ1) is 18.8. The van der Waals surface area contributed by atoms with Crippen LogP contribution in [0.2, 0.25) is 0 Å². The number of furan rings is 1. The standard InChI is InChI=1S/C34H21N3O/c1-3-10-22(11-4-1)24-20-30-34(35-21-24)37(25-13-5-2-6-14-25)33(36-30)29-17-9-16-27-28-19-18-23-12-7-8-15-26(23)31(28)38-32(27)29/h1-21H. The van der Waals surface area contributed by atoms with Gasteiger partial charge in [-0.2, -0.15) is 0 Å². The SMILES string of the molecule is c1ccc(-c2cnc3c(c2)nc(-c2cccc4c2oc2c5ccccc5ccc42)n3-c2ccccc2)cc1. The molecule has 38 heavy (non-hydrogen) atoms. The smallest absolute Gasteiger partial charge is 0.164 e. The van der Waals surface area contributed by atoms with Crippen LogP contribution in [0.15, 0.2) is 132 Å². The summed E-state index contributed by atoms with van der Waals surface area (Å²) in [6.07, 6.45) is 1.93. The minimum atomic E-state index is 0.804. The van der Waals surface area contributed by atoms with Crippen molar-refractivity contribution < 1.29 is 4.42 Å². The van der Waals surface area contributed by atoms with Gasteiger partial charge >= 0.3 is 0 Å². The van der Waals surface area contributed by atoms with Gasteiger partial charge in [-0.15, -0.1) is 0 Å². The molecular weight excluding hydrogens is 466 g/mol. The van der Waals surface area contributed by atoms with Crippen LogP contribution in [0, 0.1) is 0 Å². The van der Waals surface area contributed by atoms with Gasteiger partial charge in [0.2, 0.25) is 0 Å². The van der Waals surface area contributed by atoms with Crippen LogP contribution in [0.3, 0.4) is 0 Å². The lowest BCUT2D eigenvalue weighted by Crippen LogP contribution is -1.98. The number of hydrogen-bond donors (Lipinski definition) is 0. The number of fused-ring (bicyclic) bond motifs is 6. The first-order valence-electron chi connectivity index (χ1n) is 12.7. The number of nitrogens with zero attached hydrogens (tertiary/aromatic N) is 3. The van der Waals surface area contributed by atoms with E-state index in [9.17, 15) is 0 Å². The second kappa shape index (κ2) is 8.15. The van der Waals surface area contributed by atoms with Gasteiger partial charge in [0.15, 0.2) is 11.5 Å². The third kappa shape index (κ3) is 3.10. The molecule has 4 nitrogen and oxygen atoms in total. The van der Waals surface area contributed by atoms with Gasteiger partial charge in [-0.25, -0.2) is 9.97 Å². The zero-order valence-electron chi connectivity index (χ0n) is 20.4. The van der Waals surface area contributed by atoms with E-state index in [-0.39, 0.29) is 0 Å². The van der Waals surface area contributed by atoms with Gasteiger partial charge in [-0.05, 0) is 41.3 Å². The van der Waals surface area contributed by atoms with Crippen LogP contribution in [0.5, 0.6) is 0 Å². The van der Waals surface area contributed by atoms with Crippen LogP contribution in [0.4, 0.5) is 0 Å². The molecule has 0 atom stereocenters. The molecule has 0 N–H and O–H groups in total. The number of benzene rings is 5. The summed E-state index contributed by atoms with van der Waals surface area (Å²) in [4.78, 5) is 10.1. The van der Waals surface area contributed by atoms with Crippen molar-refractivity contribution in [2.24, 2.45) is 0 Å². The normalized spacial score (nSPS) is 11.7. The largest absolute Gasteiger partial charge is 0.455 e. The van der Waals surface area contributed by atoms with E-state index in [1.165, 1.54) is 0 Å². The quantitative estimate of drug-likeness (QED) is 0.250. The van der Waals surface area contributed by atoms with Crippen molar-refractivity contribution in [3.63, 3.8) is 0 Å². The molecule has 5 aromatic carbocycles. The van der Waals surface area contributed by atoms with Crippen molar-refractivity contribution in [1.29, 1.82) is 0 Å². The van der Waals surface area contributed by atoms with Gasteiger partial charge in [0, 0.05) is 33.6 Å². The number of aromatic nitrogens is 3. The Morgan fingerprint density at radius 3 is 2.18 bits per heavy atom. The number of pyridine rings is 1. The monoisotopic (exact) mass is 487 g/mol. The molecule has 178 valence electrons. The molecule has 0 amide bonds. The topological polar surface area (TPSA) is 43.9 Å². The fraction of sp³-hybridized carbons (Fsp3) is 0. The van der Waals surface area contributed by atoms with Crippen molar-refractivity contribution in [3.8, 4) is 28.2 Å². The average Bonchev–Trinajstić information content (AvgIpc) is 3.56. The highest BCUT2D eigenvalue weighted by atomic mass is 16.3. The highest BCUT2D eigenvalue weighted by Gasteiger charge is 2.21. The summed E-state index contributed by atoms with van der Waals surface area (Å²) >= 11 is 0. The molecule has 0 saturated heterocycles. The summed E-state index contributed by atoms with van der Waals surface area (Å²) in [6.45, 7) is 0. The third-order valence-electron chi connectivity index (χ3n) is 7.25. The lowest BCUT2D eigenvalue weighted by molar-refractivity contribution is 0.673. The summed E-state index contributed by atoms with van der Waals surface area (Å²) in [7, 11) is 0. The van der Waals surface area contributed by atoms with Gasteiger partial charge in [0.05, 0.1) is 5.56 Å². The zero-order valence-corrected chi connectivity index (χ0v) is 20.4. The molecule has 0 saturated carbocycles. The van der Waals surface area contributed by atoms with E-state index < -0.39 is 0 Å². The summed E-state index contributed by atoms with van der Waals surface area (Å²) in [5, 5.41) is 4.45. The minimum Gasteiger partial charge on any atom is -0.455 e. The molecule has 4 heteroatoms. The van der Waals surface area contributed by atoms with Crippen LogP contribution in [-0.2, 0) is 0 Å². The van der Waals surface area contributed by atoms with E-state index in [0.29, 0.717) is 0 Å². The predicted molar refractivity (Wildman–Crippen MR) is 155 cm³/mol. The zero-order chi connectivity index (χ0) is 25.1. The molecular formula is C34H21N3O. The summed E-state index contributed by atoms with van der Waals surface area (Å²) in [5.41, 5.74) is 7.47. The van der Waals surface area contributed by atoms with Crippen LogP contribution in [0.1, 0.15) is 0 Å². The van der Waals surface area contributed by atoms with Gasteiger partial charge in [-0.1, -0.05) is 91.0 Å². The van der Waals surface area contributed by atoms with Gasteiger partial charge in [0.1, 0.15) is 16.7 Å². The third-order valence-corrected chi connectivity index (χ3v) is 7.25. The van der Waals surface area contributed by atoms with Crippen LogP contribution >= 0.6 is 0 Å². The van der Waals surface area contributed by atoms with Crippen molar-refractivity contribution in [2.75, 3.05) is 0 Å². The molecule has 0 unspecified atom stereocenters. The molecule has 0 bridgehead atoms. The molecule has 3 heterocycles. The first kappa shape index (κ1) is 20.9. The van der Waals surface area contributed by atoms with Crippen molar-refractivity contribution in [2.45, 2.75) is 0 Å². The van der Waals surface area contributed by atoms with E-state index >= 15 is 0 Å². The van der Waals surface area contributed by atoms with E-state index in [1.807, 2.05) is 42.6 Å². The van der Waals surface area contributed by atoms with Crippen molar-refractivity contribution in [1.82, 2.24) is 14.5 Å². The van der Waals surface area contributed by atoms with E-state index in [1.54, 1.807) is 0 Å². The maximum Gasteiger partial charge on any atom is 0.164 e. The molecule has 3 aromatic heterocycles. The molecule has 0 aliphatic carbocycles. The average molecular weight is 488 g/mol. The summed E-state index contributed by atoms with van der Waals surface area (Å²) < 4.78 is 8.79. The Labute approximate surface area is 218 Å². The fourth-order valence-corrected chi connectivity index (χ4v) is 5.46. The maximum absolute atomic E-state index is 6.66. The molecule has 0 fully saturated rings. The Morgan fingerprint density at radius 2 is 1.32 bits per heavy atom. The number of rotatable bonds is 3. The maximum atomic E-state index is 6.66. The highest BCUT2D eigenvalue weighted by molar-refractivity contribution is 6.17. The molecule has 0 spiro atoms. The Kier molecular flexibility index (Phi) is 4.49. The first-order valence-corrected chi connectivity index (χ1v) is 12.7. The van der Waals surface area contributed by atoms with Crippen molar-refractivity contribution >= 4 is 43.9 Å². The molecule has 0 radical (unpaired) electrons. The van der Waals surface area contributed by atoms with Crippen LogP contribution in [0.25, 0.3) is 72.1 Å². The van der Waals surface area contributed by atoms with Crippen LogP contribution < -0.4 is 0 Å². The number of hydrogen-bond acceptors (Lipinski definition) is 3. The lowest BCUT2D eigenvalue weighted by Gasteiger charge is -2.09. The van der Waals surface area contributed by atoms with E-state index in [2.05, 4.69) is 89.5 Å². The van der Waals surface area contributed by atoms with Gasteiger partial charge in [0.25, 0.3) is 0 Å². The number of para-hydroxylation sites is 2. The molecule has 0 aliphatic heterocycles. The minimum absolute atomic E-state index is 0.804. The summed E-state index contributed by atoms with van der Waals surface area (Å²) in [5.74, 6) is 0.804. The second-order valence-corrected chi connectivity index (χ2v) is 9.49. The second-order valence-electron chi connectivity index (χ2n) is 9.49. The van der Waals surface area contributed by atoms with E-state index in [4.69, 9.17) is 14.4 Å². The fourth-order valence-electron chi connectivity index (χ4n) is 5.46. The summed E-state index contributed by atoms with van der Waals surface area (Å²) in [6, 6.07) is 41.6. The molecule has 8 rings (SSSR count). The van der Waals surface area contributed by atoms with E-state index in [0.717, 1.165) is 72.1 Å². The van der Waals surface area contributed by atoms with Gasteiger partial charge < -0.3 is 4.42 Å². The Morgan fingerprint density at radius 1 is 0.579 bits per heavy atom. The Balaban J connectivity index is 1.44. The van der Waals surface area contributed by atoms with Gasteiger partial charge in [-0.3, -0.25) is 4.57 Å². The predicted octanol–water partition coefficient (Wildman–Crippen LogP) is 8.81. The molecule has 8 aromatic rings.